The molecule has 4 heteroatoms. The zero-order chi connectivity index (χ0) is 15.7. The van der Waals surface area contributed by atoms with Crippen LogP contribution in [0, 0.1) is 0 Å². The van der Waals surface area contributed by atoms with Crippen LogP contribution >= 0.6 is 0 Å². The van der Waals surface area contributed by atoms with E-state index in [1.165, 1.54) is 11.1 Å². The molecule has 0 saturated heterocycles. The van der Waals surface area contributed by atoms with Crippen molar-refractivity contribution in [1.82, 2.24) is 10.2 Å². The predicted molar refractivity (Wildman–Crippen MR) is 91.2 cm³/mol. The van der Waals surface area contributed by atoms with Gasteiger partial charge in [-0.15, -0.1) is 0 Å². The van der Waals surface area contributed by atoms with Crippen molar-refractivity contribution in [3.63, 3.8) is 0 Å². The molecule has 3 N–H and O–H groups in total. The van der Waals surface area contributed by atoms with Gasteiger partial charge in [0, 0.05) is 13.1 Å². The number of benzene rings is 1. The monoisotopic (exact) mass is 288 g/mol. The lowest BCUT2D eigenvalue weighted by molar-refractivity contribution is 0.295. The molecule has 1 rings (SSSR count). The lowest BCUT2D eigenvalue weighted by Gasteiger charge is -2.19. The van der Waals surface area contributed by atoms with Crippen LogP contribution < -0.4 is 11.1 Å². The number of hydrogen-bond acceptors (Lipinski definition) is 2. The minimum absolute atomic E-state index is 0.468. The van der Waals surface area contributed by atoms with Crippen molar-refractivity contribution in [3.05, 3.63) is 47.5 Å². The van der Waals surface area contributed by atoms with Gasteiger partial charge < -0.3 is 11.1 Å². The fourth-order valence-corrected chi connectivity index (χ4v) is 2.02. The first-order valence-electron chi connectivity index (χ1n) is 7.54. The Morgan fingerprint density at radius 1 is 1.24 bits per heavy atom. The molecule has 0 bridgehead atoms. The van der Waals surface area contributed by atoms with Gasteiger partial charge >= 0.3 is 0 Å². The molecule has 0 spiro atoms. The van der Waals surface area contributed by atoms with E-state index < -0.39 is 0 Å². The van der Waals surface area contributed by atoms with Crippen LogP contribution in [0.3, 0.4) is 0 Å². The highest BCUT2D eigenvalue weighted by molar-refractivity contribution is 5.78. The summed E-state index contributed by atoms with van der Waals surface area (Å²) in [5.41, 5.74) is 9.44. The molecular formula is C17H28N4. The van der Waals surface area contributed by atoms with E-state index in [2.05, 4.69) is 53.8 Å². The maximum Gasteiger partial charge on any atom is 0.189 e. The summed E-state index contributed by atoms with van der Waals surface area (Å²) in [5.74, 6) is 0.468. The minimum Gasteiger partial charge on any atom is -0.370 e. The first-order valence-corrected chi connectivity index (χ1v) is 7.54. The van der Waals surface area contributed by atoms with Crippen LogP contribution in [0.5, 0.6) is 0 Å². The van der Waals surface area contributed by atoms with Crippen LogP contribution in [-0.4, -0.2) is 30.5 Å². The van der Waals surface area contributed by atoms with Gasteiger partial charge in [0.05, 0.1) is 6.54 Å². The van der Waals surface area contributed by atoms with Crippen LogP contribution in [0.2, 0.25) is 0 Å². The topological polar surface area (TPSA) is 53.6 Å². The third-order valence-corrected chi connectivity index (χ3v) is 3.40. The van der Waals surface area contributed by atoms with Gasteiger partial charge in [-0.3, -0.25) is 4.90 Å². The van der Waals surface area contributed by atoms with Gasteiger partial charge in [0.1, 0.15) is 0 Å². The van der Waals surface area contributed by atoms with E-state index in [4.69, 9.17) is 5.73 Å². The number of nitrogens with one attached hydrogen (secondary N) is 1. The van der Waals surface area contributed by atoms with Gasteiger partial charge in [-0.2, -0.15) is 0 Å². The van der Waals surface area contributed by atoms with E-state index in [0.29, 0.717) is 19.0 Å². The van der Waals surface area contributed by atoms with Crippen LogP contribution in [0.4, 0.5) is 0 Å². The van der Waals surface area contributed by atoms with E-state index >= 15 is 0 Å². The summed E-state index contributed by atoms with van der Waals surface area (Å²) in [7, 11) is 0. The summed E-state index contributed by atoms with van der Waals surface area (Å²) in [6.07, 6.45) is 0. The summed E-state index contributed by atoms with van der Waals surface area (Å²) in [5, 5.41) is 3.05. The molecule has 1 aromatic carbocycles. The Labute approximate surface area is 128 Å². The zero-order valence-electron chi connectivity index (χ0n) is 13.5. The summed E-state index contributed by atoms with van der Waals surface area (Å²) in [6, 6.07) is 8.41. The zero-order valence-corrected chi connectivity index (χ0v) is 13.5. The lowest BCUT2D eigenvalue weighted by Crippen LogP contribution is -2.32. The van der Waals surface area contributed by atoms with Crippen molar-refractivity contribution in [2.45, 2.75) is 33.9 Å². The first kappa shape index (κ1) is 17.2. The number of guanidine groups is 1. The van der Waals surface area contributed by atoms with Crippen molar-refractivity contribution in [3.8, 4) is 0 Å². The summed E-state index contributed by atoms with van der Waals surface area (Å²) >= 11 is 0. The first-order chi connectivity index (χ1) is 10.1. The number of hydrogen-bond donors (Lipinski definition) is 2. The average Bonchev–Trinajstić information content (AvgIpc) is 2.49. The predicted octanol–water partition coefficient (Wildman–Crippen LogP) is 2.51. The quantitative estimate of drug-likeness (QED) is 0.439. The Morgan fingerprint density at radius 2 is 1.86 bits per heavy atom. The molecule has 0 aliphatic heterocycles. The second-order valence-electron chi connectivity index (χ2n) is 5.24. The average molecular weight is 288 g/mol. The molecule has 116 valence electrons. The standard InChI is InChI=1S/C17H28N4/c1-5-21(6-2)13-16-10-8-7-9-15(16)12-20-17(18)19-11-14(3)4/h7-10H,3,5-6,11-13H2,1-2,4H3,(H3,18,19,20). The molecule has 4 nitrogen and oxygen atoms in total. The van der Waals surface area contributed by atoms with Crippen molar-refractivity contribution in [2.75, 3.05) is 19.6 Å². The van der Waals surface area contributed by atoms with Crippen LogP contribution in [0.15, 0.2) is 41.4 Å². The van der Waals surface area contributed by atoms with Gasteiger partial charge in [-0.1, -0.05) is 50.3 Å². The molecule has 0 fully saturated rings. The van der Waals surface area contributed by atoms with Crippen LogP contribution in [0.1, 0.15) is 31.9 Å². The van der Waals surface area contributed by atoms with Gasteiger partial charge in [0.2, 0.25) is 0 Å². The van der Waals surface area contributed by atoms with Crippen molar-refractivity contribution < 1.29 is 0 Å². The van der Waals surface area contributed by atoms with Crippen molar-refractivity contribution in [1.29, 1.82) is 0 Å². The summed E-state index contributed by atoms with van der Waals surface area (Å²) in [6.45, 7) is 14.5. The third kappa shape index (κ3) is 6.45. The molecule has 0 aliphatic rings. The highest BCUT2D eigenvalue weighted by Crippen LogP contribution is 2.12. The summed E-state index contributed by atoms with van der Waals surface area (Å²) < 4.78 is 0. The molecule has 0 saturated carbocycles. The van der Waals surface area contributed by atoms with Crippen molar-refractivity contribution in [2.24, 2.45) is 10.7 Å². The fourth-order valence-electron chi connectivity index (χ4n) is 2.02. The maximum absolute atomic E-state index is 5.86. The number of nitrogens with two attached hydrogens (primary N) is 1. The molecule has 0 heterocycles. The van der Waals surface area contributed by atoms with Gasteiger partial charge in [-0.25, -0.2) is 4.99 Å². The molecule has 0 aromatic heterocycles. The normalized spacial score (nSPS) is 11.7. The second kappa shape index (κ2) is 9.19. The van der Waals surface area contributed by atoms with Gasteiger partial charge in [0.25, 0.3) is 0 Å². The molecule has 0 radical (unpaired) electrons. The number of aliphatic imine (C=N–C) groups is 1. The Kier molecular flexibility index (Phi) is 7.54. The Balaban J connectivity index is 2.70. The fraction of sp³-hybridized carbons (Fsp3) is 0.471. The van der Waals surface area contributed by atoms with E-state index in [-0.39, 0.29) is 0 Å². The van der Waals surface area contributed by atoms with Crippen molar-refractivity contribution >= 4 is 5.96 Å². The number of nitrogens with zero attached hydrogens (tertiary/aromatic N) is 2. The highest BCUT2D eigenvalue weighted by atomic mass is 15.1. The maximum atomic E-state index is 5.86. The smallest absolute Gasteiger partial charge is 0.189 e. The lowest BCUT2D eigenvalue weighted by atomic mass is 10.1. The molecular weight excluding hydrogens is 260 g/mol. The van der Waals surface area contributed by atoms with E-state index in [0.717, 1.165) is 25.2 Å². The molecule has 0 atom stereocenters. The van der Waals surface area contributed by atoms with Gasteiger partial charge in [-0.05, 0) is 31.1 Å². The SMILES string of the molecule is C=C(C)CNC(N)=NCc1ccccc1CN(CC)CC. The van der Waals surface area contributed by atoms with Crippen LogP contribution in [-0.2, 0) is 13.1 Å². The third-order valence-electron chi connectivity index (χ3n) is 3.40. The Bertz CT molecular complexity index is 475. The van der Waals surface area contributed by atoms with E-state index in [1.54, 1.807) is 0 Å². The Hall–Kier alpha value is -1.81. The molecule has 0 unspecified atom stereocenters. The molecule has 0 amide bonds. The number of rotatable bonds is 8. The summed E-state index contributed by atoms with van der Waals surface area (Å²) in [4.78, 5) is 6.80. The molecule has 21 heavy (non-hydrogen) atoms. The molecule has 0 aliphatic carbocycles. The largest absolute Gasteiger partial charge is 0.370 e. The highest BCUT2D eigenvalue weighted by Gasteiger charge is 2.05. The minimum atomic E-state index is 0.468. The van der Waals surface area contributed by atoms with E-state index in [1.807, 2.05) is 13.0 Å². The Morgan fingerprint density at radius 3 is 2.43 bits per heavy atom. The van der Waals surface area contributed by atoms with Crippen LogP contribution in [0.25, 0.3) is 0 Å². The van der Waals surface area contributed by atoms with Gasteiger partial charge in [0.15, 0.2) is 5.96 Å². The van der Waals surface area contributed by atoms with E-state index in [9.17, 15) is 0 Å². The molecule has 1 aromatic rings. The second-order valence-corrected chi connectivity index (χ2v) is 5.24.